The number of hydrogen-bond donors (Lipinski definition) is 1. The van der Waals surface area contributed by atoms with Gasteiger partial charge in [0.2, 0.25) is 0 Å². The molecule has 0 saturated heterocycles. The second-order valence-electron chi connectivity index (χ2n) is 4.11. The van der Waals surface area contributed by atoms with E-state index in [0.29, 0.717) is 11.5 Å². The third-order valence-corrected chi connectivity index (χ3v) is 2.71. The van der Waals surface area contributed by atoms with Gasteiger partial charge in [-0.2, -0.15) is 5.26 Å². The number of halogens is 1. The summed E-state index contributed by atoms with van der Waals surface area (Å²) in [5.74, 6) is 0.308. The number of rotatable bonds is 3. The van der Waals surface area contributed by atoms with Crippen LogP contribution in [0.5, 0.6) is 11.5 Å². The van der Waals surface area contributed by atoms with Crippen LogP contribution in [-0.4, -0.2) is 5.11 Å². The Morgan fingerprint density at radius 2 is 2.05 bits per heavy atom. The highest BCUT2D eigenvalue weighted by molar-refractivity contribution is 5.42. The standard InChI is InChI=1S/C15H12FNO2/c1-10-6-11(9-18)2-5-15(10)19-13-4-3-12(8-17)14(16)7-13/h2-7,18H,9H2,1H3. The van der Waals surface area contributed by atoms with Crippen LogP contribution >= 0.6 is 0 Å². The Morgan fingerprint density at radius 1 is 1.26 bits per heavy atom. The molecular formula is C15H12FNO2. The first-order valence-corrected chi connectivity index (χ1v) is 5.72. The largest absolute Gasteiger partial charge is 0.457 e. The minimum Gasteiger partial charge on any atom is -0.457 e. The molecule has 0 saturated carbocycles. The van der Waals surface area contributed by atoms with E-state index in [4.69, 9.17) is 15.1 Å². The first-order chi connectivity index (χ1) is 9.13. The quantitative estimate of drug-likeness (QED) is 0.917. The predicted octanol–water partition coefficient (Wildman–Crippen LogP) is 3.29. The number of aliphatic hydroxyl groups is 1. The van der Waals surface area contributed by atoms with E-state index in [-0.39, 0.29) is 12.2 Å². The molecule has 96 valence electrons. The van der Waals surface area contributed by atoms with Crippen molar-refractivity contribution >= 4 is 0 Å². The summed E-state index contributed by atoms with van der Waals surface area (Å²) < 4.78 is 19.0. The Labute approximate surface area is 110 Å². The van der Waals surface area contributed by atoms with Crippen molar-refractivity contribution in [3.05, 3.63) is 58.9 Å². The summed E-state index contributed by atoms with van der Waals surface area (Å²) in [5.41, 5.74) is 1.62. The number of hydrogen-bond acceptors (Lipinski definition) is 3. The Morgan fingerprint density at radius 3 is 2.63 bits per heavy atom. The molecule has 1 N–H and O–H groups in total. The Hall–Kier alpha value is -2.38. The molecule has 0 fully saturated rings. The van der Waals surface area contributed by atoms with Crippen molar-refractivity contribution < 1.29 is 14.2 Å². The van der Waals surface area contributed by atoms with Crippen LogP contribution in [0, 0.1) is 24.1 Å². The van der Waals surface area contributed by atoms with Gasteiger partial charge in [-0.1, -0.05) is 12.1 Å². The van der Waals surface area contributed by atoms with E-state index < -0.39 is 5.82 Å². The molecule has 0 aliphatic carbocycles. The van der Waals surface area contributed by atoms with Gasteiger partial charge in [0.1, 0.15) is 23.4 Å². The van der Waals surface area contributed by atoms with Gasteiger partial charge >= 0.3 is 0 Å². The van der Waals surface area contributed by atoms with E-state index in [1.807, 2.05) is 6.92 Å². The van der Waals surface area contributed by atoms with Gasteiger partial charge in [-0.15, -0.1) is 0 Å². The van der Waals surface area contributed by atoms with Gasteiger partial charge in [0, 0.05) is 6.07 Å². The predicted molar refractivity (Wildman–Crippen MR) is 68.3 cm³/mol. The first kappa shape index (κ1) is 13.1. The van der Waals surface area contributed by atoms with E-state index in [0.717, 1.165) is 11.1 Å². The molecule has 2 aromatic rings. The average Bonchev–Trinajstić information content (AvgIpc) is 2.41. The number of aryl methyl sites for hydroxylation is 1. The third kappa shape index (κ3) is 2.90. The lowest BCUT2D eigenvalue weighted by atomic mass is 10.1. The zero-order chi connectivity index (χ0) is 13.8. The van der Waals surface area contributed by atoms with Crippen LogP contribution in [0.2, 0.25) is 0 Å². The summed E-state index contributed by atoms with van der Waals surface area (Å²) in [4.78, 5) is 0. The maximum atomic E-state index is 13.4. The van der Waals surface area contributed by atoms with Crippen molar-refractivity contribution in [3.63, 3.8) is 0 Å². The van der Waals surface area contributed by atoms with Gasteiger partial charge in [-0.05, 0) is 36.2 Å². The minimum absolute atomic E-state index is 0.0142. The second kappa shape index (κ2) is 5.51. The van der Waals surface area contributed by atoms with Crippen molar-refractivity contribution in [1.82, 2.24) is 0 Å². The van der Waals surface area contributed by atoms with Crippen LogP contribution in [0.15, 0.2) is 36.4 Å². The lowest BCUT2D eigenvalue weighted by molar-refractivity contribution is 0.281. The smallest absolute Gasteiger partial charge is 0.144 e. The Balaban J connectivity index is 2.26. The van der Waals surface area contributed by atoms with Crippen LogP contribution in [-0.2, 0) is 6.61 Å². The van der Waals surface area contributed by atoms with Gasteiger partial charge in [0.15, 0.2) is 0 Å². The van der Waals surface area contributed by atoms with E-state index in [9.17, 15) is 4.39 Å². The molecule has 0 heterocycles. The summed E-state index contributed by atoms with van der Waals surface area (Å²) in [7, 11) is 0. The van der Waals surface area contributed by atoms with Crippen molar-refractivity contribution in [3.8, 4) is 17.6 Å². The molecule has 0 amide bonds. The molecule has 0 bridgehead atoms. The number of nitriles is 1. The fraction of sp³-hybridized carbons (Fsp3) is 0.133. The van der Waals surface area contributed by atoms with Crippen molar-refractivity contribution in [2.75, 3.05) is 0 Å². The summed E-state index contributed by atoms with van der Waals surface area (Å²) in [5, 5.41) is 17.7. The monoisotopic (exact) mass is 257 g/mol. The number of ether oxygens (including phenoxy) is 1. The fourth-order valence-corrected chi connectivity index (χ4v) is 1.70. The summed E-state index contributed by atoms with van der Waals surface area (Å²) in [6, 6.07) is 11.1. The highest BCUT2D eigenvalue weighted by atomic mass is 19.1. The van der Waals surface area contributed by atoms with Crippen molar-refractivity contribution in [2.45, 2.75) is 13.5 Å². The molecule has 2 rings (SSSR count). The molecule has 0 spiro atoms. The molecule has 0 aliphatic heterocycles. The summed E-state index contributed by atoms with van der Waals surface area (Å²) in [6.07, 6.45) is 0. The topological polar surface area (TPSA) is 53.2 Å². The molecule has 0 unspecified atom stereocenters. The van der Waals surface area contributed by atoms with Crippen LogP contribution in [0.4, 0.5) is 4.39 Å². The van der Waals surface area contributed by atoms with Crippen LogP contribution in [0.3, 0.4) is 0 Å². The molecule has 2 aromatic carbocycles. The van der Waals surface area contributed by atoms with E-state index in [1.165, 1.54) is 12.1 Å². The van der Waals surface area contributed by atoms with Gasteiger partial charge in [-0.25, -0.2) is 4.39 Å². The molecule has 19 heavy (non-hydrogen) atoms. The normalized spacial score (nSPS) is 10.0. The highest BCUT2D eigenvalue weighted by Gasteiger charge is 2.06. The third-order valence-electron chi connectivity index (χ3n) is 2.71. The maximum absolute atomic E-state index is 13.4. The minimum atomic E-state index is -0.607. The summed E-state index contributed by atoms with van der Waals surface area (Å²) in [6.45, 7) is 1.81. The van der Waals surface area contributed by atoms with E-state index in [1.54, 1.807) is 30.3 Å². The number of benzene rings is 2. The SMILES string of the molecule is Cc1cc(CO)ccc1Oc1ccc(C#N)c(F)c1. The second-order valence-corrected chi connectivity index (χ2v) is 4.11. The van der Waals surface area contributed by atoms with Crippen molar-refractivity contribution in [2.24, 2.45) is 0 Å². The lowest BCUT2D eigenvalue weighted by Crippen LogP contribution is -1.92. The van der Waals surface area contributed by atoms with Gasteiger partial charge in [-0.3, -0.25) is 0 Å². The number of nitrogens with zero attached hydrogens (tertiary/aromatic N) is 1. The highest BCUT2D eigenvalue weighted by Crippen LogP contribution is 2.27. The zero-order valence-corrected chi connectivity index (χ0v) is 10.4. The van der Waals surface area contributed by atoms with Gasteiger partial charge < -0.3 is 9.84 Å². The van der Waals surface area contributed by atoms with Crippen LogP contribution in [0.25, 0.3) is 0 Å². The Bertz CT molecular complexity index is 647. The molecule has 0 atom stereocenters. The molecule has 0 aliphatic rings. The van der Waals surface area contributed by atoms with Crippen LogP contribution < -0.4 is 4.74 Å². The maximum Gasteiger partial charge on any atom is 0.144 e. The summed E-state index contributed by atoms with van der Waals surface area (Å²) >= 11 is 0. The molecule has 0 radical (unpaired) electrons. The van der Waals surface area contributed by atoms with Gasteiger partial charge in [0.05, 0.1) is 12.2 Å². The van der Waals surface area contributed by atoms with E-state index >= 15 is 0 Å². The molecule has 3 nitrogen and oxygen atoms in total. The molecular weight excluding hydrogens is 245 g/mol. The zero-order valence-electron chi connectivity index (χ0n) is 10.4. The van der Waals surface area contributed by atoms with Gasteiger partial charge in [0.25, 0.3) is 0 Å². The van der Waals surface area contributed by atoms with E-state index in [2.05, 4.69) is 0 Å². The van der Waals surface area contributed by atoms with Crippen LogP contribution in [0.1, 0.15) is 16.7 Å². The molecule has 0 aromatic heterocycles. The molecule has 4 heteroatoms. The number of aliphatic hydroxyl groups excluding tert-OH is 1. The lowest BCUT2D eigenvalue weighted by Gasteiger charge is -2.10. The average molecular weight is 257 g/mol. The fourth-order valence-electron chi connectivity index (χ4n) is 1.70. The van der Waals surface area contributed by atoms with Crippen molar-refractivity contribution in [1.29, 1.82) is 5.26 Å². The first-order valence-electron chi connectivity index (χ1n) is 5.72. The Kier molecular flexibility index (Phi) is 3.79.